The SMILES string of the molecule is Cc1cc2c3c(c1)N(c1ccc(C(C)(C)C)cc1C)c1c(sc4cc5c(cc14)C(C)(C)CCC5(C)C)B3c1cc3c(cc1N2c1ccc2c(c1)C(C)(C)CCC2(C)C)C(C)(C)CCC3(C)C. The van der Waals surface area contributed by atoms with Crippen molar-refractivity contribution in [3.8, 4) is 0 Å². The second-order valence-electron chi connectivity index (χ2n) is 26.8. The molecule has 0 fully saturated rings. The van der Waals surface area contributed by atoms with Crippen LogP contribution in [0.25, 0.3) is 10.1 Å². The van der Waals surface area contributed by atoms with Crippen LogP contribution in [-0.2, 0) is 37.9 Å². The first kappa shape index (κ1) is 44.2. The molecule has 0 amide bonds. The predicted octanol–water partition coefficient (Wildman–Crippen LogP) is 15.9. The third-order valence-corrected chi connectivity index (χ3v) is 19.4. The maximum absolute atomic E-state index is 2.73. The number of benzene rings is 5. The first-order valence-corrected chi connectivity index (χ1v) is 26.2. The number of fused-ring (bicyclic) bond motifs is 9. The Kier molecular flexibility index (Phi) is 9.19. The molecule has 0 unspecified atom stereocenters. The third kappa shape index (κ3) is 6.31. The van der Waals surface area contributed by atoms with E-state index in [9.17, 15) is 0 Å². The Bertz CT molecular complexity index is 3070. The minimum absolute atomic E-state index is 0.0564. The number of thiophene rings is 1. The summed E-state index contributed by atoms with van der Waals surface area (Å²) in [6.07, 6.45) is 7.21. The van der Waals surface area contributed by atoms with E-state index in [0.29, 0.717) is 0 Å². The van der Waals surface area contributed by atoms with Crippen LogP contribution in [-0.4, -0.2) is 6.71 Å². The highest BCUT2D eigenvalue weighted by Gasteiger charge is 2.49. The number of nitrogens with zero attached hydrogens (tertiary/aromatic N) is 2. The normalized spacial score (nSPS) is 21.1. The molecule has 6 aromatic rings. The molecule has 0 N–H and O–H groups in total. The van der Waals surface area contributed by atoms with Crippen LogP contribution < -0.4 is 25.5 Å². The van der Waals surface area contributed by atoms with Gasteiger partial charge in [0, 0.05) is 43.3 Å². The van der Waals surface area contributed by atoms with Crippen LogP contribution in [0.5, 0.6) is 0 Å². The smallest absolute Gasteiger partial charge is 0.264 e. The van der Waals surface area contributed by atoms with Gasteiger partial charge in [-0.25, -0.2) is 0 Å². The van der Waals surface area contributed by atoms with Gasteiger partial charge in [-0.3, -0.25) is 0 Å². The molecular formula is C62H75BN2S. The summed E-state index contributed by atoms with van der Waals surface area (Å²) in [6.45, 7) is 41.7. The highest BCUT2D eigenvalue weighted by atomic mass is 32.1. The van der Waals surface area contributed by atoms with E-state index in [1.54, 1.807) is 11.1 Å². The maximum Gasteiger partial charge on any atom is 0.264 e. The van der Waals surface area contributed by atoms with Crippen molar-refractivity contribution in [1.82, 2.24) is 0 Å². The van der Waals surface area contributed by atoms with Crippen LogP contribution in [0.4, 0.5) is 34.1 Å². The van der Waals surface area contributed by atoms with E-state index in [0.717, 1.165) is 0 Å². The summed E-state index contributed by atoms with van der Waals surface area (Å²) >= 11 is 2.08. The molecule has 0 saturated carbocycles. The number of rotatable bonds is 2. The molecule has 4 heteroatoms. The third-order valence-electron chi connectivity index (χ3n) is 18.1. The number of hydrogen-bond acceptors (Lipinski definition) is 3. The molecule has 0 saturated heterocycles. The van der Waals surface area contributed by atoms with Gasteiger partial charge in [0.15, 0.2) is 0 Å². The first-order chi connectivity index (χ1) is 30.6. The monoisotopic (exact) mass is 891 g/mol. The van der Waals surface area contributed by atoms with Crippen LogP contribution in [0.2, 0.25) is 0 Å². The van der Waals surface area contributed by atoms with Gasteiger partial charge in [0.25, 0.3) is 6.71 Å². The molecule has 5 aliphatic rings. The summed E-state index contributed by atoms with van der Waals surface area (Å²) in [6, 6.07) is 30.7. The second kappa shape index (κ2) is 13.7. The molecule has 3 heterocycles. The molecule has 1 aromatic heterocycles. The largest absolute Gasteiger partial charge is 0.311 e. The fourth-order valence-electron chi connectivity index (χ4n) is 13.4. The fourth-order valence-corrected chi connectivity index (χ4v) is 14.7. The minimum Gasteiger partial charge on any atom is -0.311 e. The van der Waals surface area contributed by atoms with Gasteiger partial charge in [-0.15, -0.1) is 11.3 Å². The van der Waals surface area contributed by atoms with Crippen molar-refractivity contribution < 1.29 is 0 Å². The van der Waals surface area contributed by atoms with Crippen molar-refractivity contribution in [1.29, 1.82) is 0 Å². The van der Waals surface area contributed by atoms with Crippen LogP contribution in [0, 0.1) is 13.8 Å². The van der Waals surface area contributed by atoms with Gasteiger partial charge in [0.1, 0.15) is 0 Å². The van der Waals surface area contributed by atoms with Crippen molar-refractivity contribution in [3.63, 3.8) is 0 Å². The van der Waals surface area contributed by atoms with Gasteiger partial charge in [-0.2, -0.15) is 0 Å². The van der Waals surface area contributed by atoms with E-state index in [1.165, 1.54) is 137 Å². The van der Waals surface area contributed by atoms with Crippen molar-refractivity contribution in [2.24, 2.45) is 0 Å². The lowest BCUT2D eigenvalue weighted by atomic mass is 9.35. The molecule has 0 bridgehead atoms. The Labute approximate surface area is 402 Å². The number of anilines is 6. The molecule has 3 aliphatic carbocycles. The predicted molar refractivity (Wildman–Crippen MR) is 290 cm³/mol. The summed E-state index contributed by atoms with van der Waals surface area (Å²) < 4.78 is 2.91. The van der Waals surface area contributed by atoms with Gasteiger partial charge < -0.3 is 9.80 Å². The lowest BCUT2D eigenvalue weighted by Crippen LogP contribution is -2.61. The van der Waals surface area contributed by atoms with Gasteiger partial charge in [-0.1, -0.05) is 128 Å². The summed E-state index contributed by atoms with van der Waals surface area (Å²) in [5.41, 5.74) is 24.8. The molecule has 342 valence electrons. The van der Waals surface area contributed by atoms with Crippen LogP contribution in [0.3, 0.4) is 0 Å². The molecule has 0 spiro atoms. The Hall–Kier alpha value is -4.28. The Balaban J connectivity index is 1.28. The highest BCUT2D eigenvalue weighted by molar-refractivity contribution is 7.33. The van der Waals surface area contributed by atoms with Crippen LogP contribution in [0.1, 0.15) is 192 Å². The summed E-state index contributed by atoms with van der Waals surface area (Å²) in [5, 5.41) is 1.41. The summed E-state index contributed by atoms with van der Waals surface area (Å²) in [4.78, 5) is 5.46. The Morgan fingerprint density at radius 1 is 0.485 bits per heavy atom. The topological polar surface area (TPSA) is 6.48 Å². The lowest BCUT2D eigenvalue weighted by molar-refractivity contribution is 0.332. The van der Waals surface area contributed by atoms with Crippen molar-refractivity contribution in [2.75, 3.05) is 9.80 Å². The average molecular weight is 891 g/mol. The molecule has 0 atom stereocenters. The molecule has 11 rings (SSSR count). The fraction of sp³-hybridized carbons (Fsp3) is 0.484. The zero-order valence-corrected chi connectivity index (χ0v) is 44.4. The molecule has 2 aliphatic heterocycles. The van der Waals surface area contributed by atoms with Crippen molar-refractivity contribution >= 4 is 78.0 Å². The molecule has 2 nitrogen and oxygen atoms in total. The van der Waals surface area contributed by atoms with E-state index >= 15 is 0 Å². The second-order valence-corrected chi connectivity index (χ2v) is 27.9. The molecule has 66 heavy (non-hydrogen) atoms. The zero-order chi connectivity index (χ0) is 47.2. The van der Waals surface area contributed by atoms with E-state index in [1.807, 2.05) is 0 Å². The lowest BCUT2D eigenvalue weighted by Gasteiger charge is -2.47. The van der Waals surface area contributed by atoms with Gasteiger partial charge in [0.2, 0.25) is 0 Å². The molecule has 0 radical (unpaired) electrons. The van der Waals surface area contributed by atoms with Gasteiger partial charge in [0.05, 0.1) is 5.69 Å². The van der Waals surface area contributed by atoms with E-state index in [-0.39, 0.29) is 44.6 Å². The summed E-state index contributed by atoms with van der Waals surface area (Å²) in [5.74, 6) is 0. The standard InChI is InChI=1S/C62H75BN2S/c1-36-28-50-53-51(29-36)65(48-21-18-38(30-37(48)2)56(3,4)5)54-40-32-43-46(62(16,17)27-24-59(43,10)11)35-52(40)66-55(54)63(53)47-33-44-45(61(14,15)26-25-60(44,12)13)34-49(47)64(50)39-19-20-41-42(31-39)58(8,9)23-22-57(41,6)7/h18-21,28-35H,22-27H2,1-17H3. The van der Waals surface area contributed by atoms with E-state index in [2.05, 4.69) is 212 Å². The Morgan fingerprint density at radius 3 is 1.55 bits per heavy atom. The van der Waals surface area contributed by atoms with Crippen molar-refractivity contribution in [2.45, 2.75) is 194 Å². The van der Waals surface area contributed by atoms with Crippen LogP contribution in [0.15, 0.2) is 72.8 Å². The van der Waals surface area contributed by atoms with Gasteiger partial charge in [-0.05, 0) is 200 Å². The summed E-state index contributed by atoms with van der Waals surface area (Å²) in [7, 11) is 0. The average Bonchev–Trinajstić information content (AvgIpc) is 3.60. The van der Waals surface area contributed by atoms with E-state index < -0.39 is 0 Å². The molecular weight excluding hydrogens is 816 g/mol. The highest BCUT2D eigenvalue weighted by Crippen LogP contribution is 2.56. The van der Waals surface area contributed by atoms with E-state index in [4.69, 9.17) is 0 Å². The molecule has 5 aromatic carbocycles. The Morgan fingerprint density at radius 2 is 0.985 bits per heavy atom. The number of aryl methyl sites for hydroxylation is 2. The van der Waals surface area contributed by atoms with Crippen LogP contribution >= 0.6 is 11.3 Å². The minimum atomic E-state index is 0.0564. The van der Waals surface area contributed by atoms with Gasteiger partial charge >= 0.3 is 0 Å². The quantitative estimate of drug-likeness (QED) is 0.160. The maximum atomic E-state index is 2.73. The zero-order valence-electron chi connectivity index (χ0n) is 43.6. The van der Waals surface area contributed by atoms with Crippen molar-refractivity contribution in [3.05, 3.63) is 123 Å². The number of hydrogen-bond donors (Lipinski definition) is 0. The first-order valence-electron chi connectivity index (χ1n) is 25.4.